The van der Waals surface area contributed by atoms with Gasteiger partial charge in [-0.15, -0.1) is 0 Å². The van der Waals surface area contributed by atoms with Gasteiger partial charge in [-0.05, 0) is 0 Å². The van der Waals surface area contributed by atoms with E-state index in [1.165, 1.54) is 0 Å². The van der Waals surface area contributed by atoms with Crippen molar-refractivity contribution in [3.63, 3.8) is 0 Å². The van der Waals surface area contributed by atoms with Crippen LogP contribution >= 0.6 is 0 Å². The number of halogens is 6. The Kier molecular flexibility index (Phi) is 10.5. The van der Waals surface area contributed by atoms with Gasteiger partial charge >= 0.3 is 11.9 Å². The second-order valence-corrected chi connectivity index (χ2v) is 2.69. The molecular formula is C9H12F6O6. The summed E-state index contributed by atoms with van der Waals surface area (Å²) in [5.74, 6) is -5.70. The quantitative estimate of drug-likeness (QED) is 0.294. The summed E-state index contributed by atoms with van der Waals surface area (Å²) < 4.78 is 98.5. The summed E-state index contributed by atoms with van der Waals surface area (Å²) in [6.07, 6.45) is 0. The molecule has 0 radical (unpaired) electrons. The molecule has 0 amide bonds. The van der Waals surface area contributed by atoms with Gasteiger partial charge in [0.15, 0.2) is 20.6 Å². The third kappa shape index (κ3) is 5.85. The SMILES string of the molecule is FCOC(OCF)=C(OCF)C(OCF)(OCF)OCF. The van der Waals surface area contributed by atoms with Crippen LogP contribution in [0.1, 0.15) is 0 Å². The Labute approximate surface area is 115 Å². The molecule has 0 aromatic rings. The van der Waals surface area contributed by atoms with E-state index in [1.807, 2.05) is 0 Å². The minimum atomic E-state index is -3.15. The summed E-state index contributed by atoms with van der Waals surface area (Å²) in [5, 5.41) is 0. The molecule has 21 heavy (non-hydrogen) atoms. The highest BCUT2D eigenvalue weighted by atomic mass is 19.2. The minimum absolute atomic E-state index is 1.26. The Morgan fingerprint density at radius 1 is 0.571 bits per heavy atom. The van der Waals surface area contributed by atoms with E-state index in [0.717, 1.165) is 0 Å². The average Bonchev–Trinajstić information content (AvgIpc) is 2.45. The summed E-state index contributed by atoms with van der Waals surface area (Å²) in [6.45, 7) is -10.2. The molecule has 0 aliphatic heterocycles. The molecule has 0 rings (SSSR count). The Bertz CT molecular complexity index is 279. The molecule has 0 unspecified atom stereocenters. The molecule has 0 N–H and O–H groups in total. The van der Waals surface area contributed by atoms with Crippen LogP contribution in [0.3, 0.4) is 0 Å². The molecule has 0 fully saturated rings. The molecule has 0 bridgehead atoms. The van der Waals surface area contributed by atoms with Crippen molar-refractivity contribution >= 4 is 0 Å². The van der Waals surface area contributed by atoms with Gasteiger partial charge < -0.3 is 14.2 Å². The van der Waals surface area contributed by atoms with Crippen LogP contribution in [0, 0.1) is 0 Å². The first-order valence-corrected chi connectivity index (χ1v) is 5.06. The molecule has 0 saturated heterocycles. The number of alkyl halides is 6. The van der Waals surface area contributed by atoms with Crippen LogP contribution in [0.2, 0.25) is 0 Å². The Hall–Kier alpha value is -1.40. The van der Waals surface area contributed by atoms with Crippen molar-refractivity contribution in [2.24, 2.45) is 0 Å². The monoisotopic (exact) mass is 330 g/mol. The van der Waals surface area contributed by atoms with Crippen molar-refractivity contribution in [3.8, 4) is 0 Å². The predicted octanol–water partition coefficient (Wildman–Crippen LogP) is 2.47. The van der Waals surface area contributed by atoms with Crippen LogP contribution in [0.5, 0.6) is 0 Å². The Morgan fingerprint density at radius 2 is 0.952 bits per heavy atom. The summed E-state index contributed by atoms with van der Waals surface area (Å²) in [5.41, 5.74) is 0. The summed E-state index contributed by atoms with van der Waals surface area (Å²) >= 11 is 0. The Morgan fingerprint density at radius 3 is 1.24 bits per heavy atom. The number of hydrogen-bond donors (Lipinski definition) is 0. The van der Waals surface area contributed by atoms with Gasteiger partial charge in [0.1, 0.15) is 0 Å². The van der Waals surface area contributed by atoms with Crippen molar-refractivity contribution < 1.29 is 54.8 Å². The van der Waals surface area contributed by atoms with Gasteiger partial charge in [0.25, 0.3) is 5.76 Å². The zero-order valence-electron chi connectivity index (χ0n) is 10.5. The molecule has 0 spiro atoms. The van der Waals surface area contributed by atoms with Gasteiger partial charge in [0.2, 0.25) is 20.6 Å². The van der Waals surface area contributed by atoms with E-state index < -0.39 is 58.8 Å². The molecule has 0 aromatic carbocycles. The van der Waals surface area contributed by atoms with E-state index in [4.69, 9.17) is 0 Å². The van der Waals surface area contributed by atoms with Crippen LogP contribution in [0.4, 0.5) is 26.3 Å². The van der Waals surface area contributed by atoms with Crippen molar-refractivity contribution in [3.05, 3.63) is 11.7 Å². The molecule has 0 aromatic heterocycles. The van der Waals surface area contributed by atoms with E-state index in [9.17, 15) is 26.3 Å². The van der Waals surface area contributed by atoms with E-state index in [-0.39, 0.29) is 0 Å². The van der Waals surface area contributed by atoms with Crippen LogP contribution in [-0.4, -0.2) is 47.1 Å². The number of hydrogen-bond acceptors (Lipinski definition) is 6. The Balaban J connectivity index is 5.77. The van der Waals surface area contributed by atoms with E-state index in [0.29, 0.717) is 0 Å². The minimum Gasteiger partial charge on any atom is -0.453 e. The molecule has 0 atom stereocenters. The topological polar surface area (TPSA) is 55.4 Å². The molecule has 12 heteroatoms. The first kappa shape index (κ1) is 19.6. The third-order valence-electron chi connectivity index (χ3n) is 1.77. The maximum Gasteiger partial charge on any atom is 0.360 e. The van der Waals surface area contributed by atoms with Gasteiger partial charge in [-0.1, -0.05) is 0 Å². The van der Waals surface area contributed by atoms with Crippen molar-refractivity contribution in [2.45, 2.75) is 5.97 Å². The maximum atomic E-state index is 12.3. The second kappa shape index (κ2) is 11.3. The highest BCUT2D eigenvalue weighted by molar-refractivity contribution is 5.04. The van der Waals surface area contributed by atoms with Gasteiger partial charge in [-0.2, -0.15) is 0 Å². The highest BCUT2D eigenvalue weighted by Gasteiger charge is 2.46. The van der Waals surface area contributed by atoms with Gasteiger partial charge in [-0.25, -0.2) is 26.3 Å². The fourth-order valence-corrected chi connectivity index (χ4v) is 1.14. The summed E-state index contributed by atoms with van der Waals surface area (Å²) in [7, 11) is 0. The van der Waals surface area contributed by atoms with E-state index in [1.54, 1.807) is 0 Å². The van der Waals surface area contributed by atoms with Crippen LogP contribution < -0.4 is 0 Å². The third-order valence-corrected chi connectivity index (χ3v) is 1.77. The average molecular weight is 330 g/mol. The van der Waals surface area contributed by atoms with Crippen molar-refractivity contribution in [1.82, 2.24) is 0 Å². The lowest BCUT2D eigenvalue weighted by molar-refractivity contribution is -0.399. The normalized spacial score (nSPS) is 11.1. The first-order valence-electron chi connectivity index (χ1n) is 5.06. The summed E-state index contributed by atoms with van der Waals surface area (Å²) in [4.78, 5) is 0. The lowest BCUT2D eigenvalue weighted by Gasteiger charge is -2.31. The highest BCUT2D eigenvalue weighted by Crippen LogP contribution is 2.31. The fraction of sp³-hybridized carbons (Fsp3) is 0.778. The molecule has 126 valence electrons. The molecule has 0 aliphatic carbocycles. The van der Waals surface area contributed by atoms with Gasteiger partial charge in [-0.3, -0.25) is 14.2 Å². The van der Waals surface area contributed by atoms with E-state index in [2.05, 4.69) is 28.4 Å². The first-order chi connectivity index (χ1) is 10.2. The number of ether oxygens (including phenoxy) is 6. The lowest BCUT2D eigenvalue weighted by Crippen LogP contribution is -2.43. The van der Waals surface area contributed by atoms with Crippen LogP contribution in [0.25, 0.3) is 0 Å². The van der Waals surface area contributed by atoms with Crippen molar-refractivity contribution in [1.29, 1.82) is 0 Å². The molecule has 6 nitrogen and oxygen atoms in total. The van der Waals surface area contributed by atoms with Crippen molar-refractivity contribution in [2.75, 3.05) is 41.2 Å². The molecule has 0 saturated carbocycles. The molecule has 0 heterocycles. The zero-order chi connectivity index (χ0) is 16.1. The van der Waals surface area contributed by atoms with Gasteiger partial charge in [0.05, 0.1) is 0 Å². The standard InChI is InChI=1S/C9H12F6O6/c10-1-16-7(8(17-2-11)18-3-12)9(19-4-13,20-5-14)21-6-15/h1-6H2. The number of rotatable bonds is 13. The smallest absolute Gasteiger partial charge is 0.360 e. The maximum absolute atomic E-state index is 12.3. The zero-order valence-corrected chi connectivity index (χ0v) is 10.5. The second-order valence-electron chi connectivity index (χ2n) is 2.69. The predicted molar refractivity (Wildman–Crippen MR) is 52.1 cm³/mol. The molecular weight excluding hydrogens is 318 g/mol. The largest absolute Gasteiger partial charge is 0.453 e. The van der Waals surface area contributed by atoms with Gasteiger partial charge in [0, 0.05) is 0 Å². The lowest BCUT2D eigenvalue weighted by atomic mass is 10.4. The summed E-state index contributed by atoms with van der Waals surface area (Å²) in [6, 6.07) is 0. The fourth-order valence-electron chi connectivity index (χ4n) is 1.14. The van der Waals surface area contributed by atoms with E-state index >= 15 is 0 Å². The van der Waals surface area contributed by atoms with Crippen LogP contribution in [0.15, 0.2) is 11.7 Å². The molecule has 0 aliphatic rings. The van der Waals surface area contributed by atoms with Crippen LogP contribution in [-0.2, 0) is 28.4 Å².